The Bertz CT molecular complexity index is 2220. The summed E-state index contributed by atoms with van der Waals surface area (Å²) in [6.07, 6.45) is 9.33. The summed E-state index contributed by atoms with van der Waals surface area (Å²) in [6, 6.07) is 24.0. The standard InChI is InChI=1S/C37H30ClN7O2/c1-24-15-34-30(16-33(24)39-2)32(22-45(34)27-9-14-36-42-41-23-44(36)21-27)31-17-40-18-35(37(31)38)43(19-25-5-10-28(46-3)11-6-25)20-26-7-12-29(47-4)13-8-26/h5-18,21-23H,19-20H2,1,3-4H3. The Morgan fingerprint density at radius 2 is 1.53 bits per heavy atom. The minimum absolute atomic E-state index is 0.570. The summed E-state index contributed by atoms with van der Waals surface area (Å²) in [5.74, 6) is 1.59. The molecule has 0 radical (unpaired) electrons. The Kier molecular flexibility index (Phi) is 7.94. The second-order valence-corrected chi connectivity index (χ2v) is 11.6. The highest BCUT2D eigenvalue weighted by atomic mass is 35.5. The third kappa shape index (κ3) is 5.71. The van der Waals surface area contributed by atoms with Crippen molar-refractivity contribution in [2.75, 3.05) is 19.1 Å². The Balaban J connectivity index is 1.37. The molecule has 7 rings (SSSR count). The number of halogens is 1. The molecule has 0 aliphatic rings. The summed E-state index contributed by atoms with van der Waals surface area (Å²) in [6.45, 7) is 10.9. The summed E-state index contributed by atoms with van der Waals surface area (Å²) in [5, 5.41) is 9.65. The highest BCUT2D eigenvalue weighted by Gasteiger charge is 2.21. The van der Waals surface area contributed by atoms with Gasteiger partial charge in [-0.05, 0) is 77.5 Å². The number of aryl methyl sites for hydroxylation is 1. The predicted molar refractivity (Wildman–Crippen MR) is 185 cm³/mol. The van der Waals surface area contributed by atoms with E-state index in [2.05, 4.69) is 55.0 Å². The number of anilines is 1. The van der Waals surface area contributed by atoms with Gasteiger partial charge in [0.2, 0.25) is 0 Å². The van der Waals surface area contributed by atoms with Gasteiger partial charge in [0.15, 0.2) is 11.3 Å². The fourth-order valence-electron chi connectivity index (χ4n) is 5.84. The van der Waals surface area contributed by atoms with Crippen LogP contribution in [0.25, 0.3) is 38.2 Å². The molecule has 0 fully saturated rings. The zero-order valence-electron chi connectivity index (χ0n) is 26.1. The van der Waals surface area contributed by atoms with Crippen molar-refractivity contribution in [3.8, 4) is 28.3 Å². The van der Waals surface area contributed by atoms with Gasteiger partial charge in [-0.15, -0.1) is 10.2 Å². The molecule has 0 unspecified atom stereocenters. The number of fused-ring (bicyclic) bond motifs is 2. The SMILES string of the molecule is [C-]#[N+]c1cc2c(-c3cncc(N(Cc4ccc(OC)cc4)Cc4ccc(OC)cc4)c3Cl)cn(-c3ccc4nncn4c3)c2cc1C. The zero-order valence-corrected chi connectivity index (χ0v) is 26.8. The largest absolute Gasteiger partial charge is 0.497 e. The van der Waals surface area contributed by atoms with E-state index in [-0.39, 0.29) is 0 Å². The lowest BCUT2D eigenvalue weighted by Gasteiger charge is -2.27. The molecule has 10 heteroatoms. The Hall–Kier alpha value is -5.85. The molecule has 4 aromatic heterocycles. The smallest absolute Gasteiger partial charge is 0.190 e. The van der Waals surface area contributed by atoms with Gasteiger partial charge in [0, 0.05) is 42.8 Å². The molecule has 0 aliphatic heterocycles. The van der Waals surface area contributed by atoms with E-state index in [0.717, 1.165) is 67.2 Å². The Labute approximate surface area is 277 Å². The van der Waals surface area contributed by atoms with Crippen molar-refractivity contribution >= 4 is 39.5 Å². The van der Waals surface area contributed by atoms with Crippen molar-refractivity contribution in [3.05, 3.63) is 137 Å². The van der Waals surface area contributed by atoms with Crippen molar-refractivity contribution in [1.29, 1.82) is 0 Å². The van der Waals surface area contributed by atoms with Gasteiger partial charge in [0.25, 0.3) is 0 Å². The van der Waals surface area contributed by atoms with E-state index in [1.165, 1.54) is 0 Å². The van der Waals surface area contributed by atoms with Gasteiger partial charge in [0.1, 0.15) is 17.8 Å². The van der Waals surface area contributed by atoms with E-state index < -0.39 is 0 Å². The first-order chi connectivity index (χ1) is 22.9. The number of aromatic nitrogens is 5. The maximum Gasteiger partial charge on any atom is 0.190 e. The minimum Gasteiger partial charge on any atom is -0.497 e. The van der Waals surface area contributed by atoms with Crippen LogP contribution < -0.4 is 14.4 Å². The highest BCUT2D eigenvalue weighted by molar-refractivity contribution is 6.36. The normalized spacial score (nSPS) is 11.1. The van der Waals surface area contributed by atoms with Gasteiger partial charge in [0.05, 0.1) is 48.9 Å². The topological polar surface area (TPSA) is 74.1 Å². The van der Waals surface area contributed by atoms with Crippen molar-refractivity contribution in [2.24, 2.45) is 0 Å². The van der Waals surface area contributed by atoms with Gasteiger partial charge in [-0.2, -0.15) is 0 Å². The van der Waals surface area contributed by atoms with Gasteiger partial charge < -0.3 is 18.9 Å². The summed E-state index contributed by atoms with van der Waals surface area (Å²) < 4.78 is 14.8. The van der Waals surface area contributed by atoms with E-state index in [9.17, 15) is 0 Å². The average Bonchev–Trinajstić information content (AvgIpc) is 3.72. The third-order valence-corrected chi connectivity index (χ3v) is 8.75. The maximum absolute atomic E-state index is 7.82. The number of hydrogen-bond donors (Lipinski definition) is 0. The highest BCUT2D eigenvalue weighted by Crippen LogP contribution is 2.42. The molecule has 7 aromatic rings. The molecular weight excluding hydrogens is 610 g/mol. The molecule has 0 atom stereocenters. The first-order valence-electron chi connectivity index (χ1n) is 14.9. The summed E-state index contributed by atoms with van der Waals surface area (Å²) >= 11 is 7.38. The summed E-state index contributed by atoms with van der Waals surface area (Å²) in [5.41, 5.74) is 8.74. The average molecular weight is 640 g/mol. The quantitative estimate of drug-likeness (QED) is 0.148. The molecule has 232 valence electrons. The van der Waals surface area contributed by atoms with E-state index in [4.69, 9.17) is 32.6 Å². The van der Waals surface area contributed by atoms with Crippen LogP contribution in [0.5, 0.6) is 11.5 Å². The second-order valence-electron chi connectivity index (χ2n) is 11.2. The molecule has 4 heterocycles. The van der Waals surface area contributed by atoms with Crippen LogP contribution in [0.4, 0.5) is 11.4 Å². The van der Waals surface area contributed by atoms with Gasteiger partial charge >= 0.3 is 0 Å². The van der Waals surface area contributed by atoms with E-state index in [1.807, 2.05) is 72.2 Å². The fourth-order valence-corrected chi connectivity index (χ4v) is 6.16. The molecule has 0 saturated heterocycles. The lowest BCUT2D eigenvalue weighted by Crippen LogP contribution is -2.22. The first-order valence-corrected chi connectivity index (χ1v) is 15.3. The molecule has 0 N–H and O–H groups in total. The fraction of sp³-hybridized carbons (Fsp3) is 0.135. The molecule has 0 spiro atoms. The monoisotopic (exact) mass is 639 g/mol. The Morgan fingerprint density at radius 3 is 2.17 bits per heavy atom. The van der Waals surface area contributed by atoms with Crippen LogP contribution >= 0.6 is 11.6 Å². The summed E-state index contributed by atoms with van der Waals surface area (Å²) in [4.78, 5) is 10.7. The number of rotatable bonds is 9. The molecular formula is C37H30ClN7O2. The van der Waals surface area contributed by atoms with E-state index in [0.29, 0.717) is 23.8 Å². The molecule has 47 heavy (non-hydrogen) atoms. The number of methoxy groups -OCH3 is 2. The number of pyridine rings is 2. The van der Waals surface area contributed by atoms with Gasteiger partial charge in [-0.25, -0.2) is 4.85 Å². The van der Waals surface area contributed by atoms with Crippen LogP contribution in [0.1, 0.15) is 16.7 Å². The lowest BCUT2D eigenvalue weighted by atomic mass is 10.0. The van der Waals surface area contributed by atoms with E-state index in [1.54, 1.807) is 26.7 Å². The number of benzene rings is 3. The number of ether oxygens (including phenoxy) is 2. The second kappa shape index (κ2) is 12.5. The van der Waals surface area contributed by atoms with Gasteiger partial charge in [-0.1, -0.05) is 35.9 Å². The van der Waals surface area contributed by atoms with Crippen LogP contribution in [-0.4, -0.2) is 38.4 Å². The minimum atomic E-state index is 0.570. The van der Waals surface area contributed by atoms with E-state index >= 15 is 0 Å². The maximum atomic E-state index is 7.82. The van der Waals surface area contributed by atoms with Crippen LogP contribution in [0.15, 0.2) is 104 Å². The van der Waals surface area contributed by atoms with Crippen LogP contribution in [0.2, 0.25) is 5.02 Å². The van der Waals surface area contributed by atoms with Crippen molar-refractivity contribution in [1.82, 2.24) is 24.1 Å². The lowest BCUT2D eigenvalue weighted by molar-refractivity contribution is 0.414. The third-order valence-electron chi connectivity index (χ3n) is 8.35. The van der Waals surface area contributed by atoms with Crippen molar-refractivity contribution in [3.63, 3.8) is 0 Å². The molecule has 0 amide bonds. The van der Waals surface area contributed by atoms with Gasteiger partial charge in [-0.3, -0.25) is 9.38 Å². The molecule has 0 saturated carbocycles. The molecule has 0 bridgehead atoms. The van der Waals surface area contributed by atoms with Crippen LogP contribution in [0.3, 0.4) is 0 Å². The van der Waals surface area contributed by atoms with Crippen LogP contribution in [-0.2, 0) is 13.1 Å². The molecule has 0 aliphatic carbocycles. The number of hydrogen-bond acceptors (Lipinski definition) is 6. The van der Waals surface area contributed by atoms with Crippen molar-refractivity contribution in [2.45, 2.75) is 20.0 Å². The summed E-state index contributed by atoms with van der Waals surface area (Å²) in [7, 11) is 3.32. The van der Waals surface area contributed by atoms with Crippen LogP contribution in [0, 0.1) is 13.5 Å². The Morgan fingerprint density at radius 1 is 0.851 bits per heavy atom. The predicted octanol–water partition coefficient (Wildman–Crippen LogP) is 8.47. The zero-order chi connectivity index (χ0) is 32.5. The first kappa shape index (κ1) is 29.8. The molecule has 9 nitrogen and oxygen atoms in total. The molecule has 3 aromatic carbocycles. The van der Waals surface area contributed by atoms with Crippen molar-refractivity contribution < 1.29 is 9.47 Å². The number of nitrogens with zero attached hydrogens (tertiary/aromatic N) is 7.